The Balaban J connectivity index is 2.05. The van der Waals surface area contributed by atoms with Gasteiger partial charge in [0.2, 0.25) is 0 Å². The Labute approximate surface area is 164 Å². The van der Waals surface area contributed by atoms with Crippen LogP contribution < -0.4 is 21.7 Å². The monoisotopic (exact) mass is 382 g/mol. The van der Waals surface area contributed by atoms with Crippen LogP contribution in [-0.2, 0) is 6.54 Å². The van der Waals surface area contributed by atoms with E-state index in [9.17, 15) is 4.39 Å². The molecule has 6 nitrogen and oxygen atoms in total. The number of halogens is 1. The summed E-state index contributed by atoms with van der Waals surface area (Å²) in [7, 11) is 4.05. The van der Waals surface area contributed by atoms with Crippen LogP contribution in [0.25, 0.3) is 16.6 Å². The Morgan fingerprint density at radius 1 is 1.32 bits per heavy atom. The van der Waals surface area contributed by atoms with Gasteiger partial charge in [0.25, 0.3) is 0 Å². The molecular weight excluding hydrogens is 355 g/mol. The predicted octanol–water partition coefficient (Wildman–Crippen LogP) is 4.30. The maximum atomic E-state index is 13.8. The fraction of sp³-hybridized carbons (Fsp3) is 0.286. The summed E-state index contributed by atoms with van der Waals surface area (Å²) in [6.07, 6.45) is 4.43. The number of benzene rings is 1. The molecule has 3 rings (SSSR count). The molecule has 3 aromatic rings. The molecule has 0 amide bonds. The molecule has 0 fully saturated rings. The molecule has 0 aliphatic heterocycles. The minimum Gasteiger partial charge on any atom is -0.399 e. The number of hydrogen-bond acceptors (Lipinski definition) is 5. The average molecular weight is 382 g/mol. The topological polar surface area (TPSA) is 85.1 Å². The third-order valence-corrected chi connectivity index (χ3v) is 4.71. The second-order valence-corrected chi connectivity index (χ2v) is 7.09. The quantitative estimate of drug-likeness (QED) is 0.567. The third-order valence-electron chi connectivity index (χ3n) is 4.71. The molecule has 0 spiro atoms. The van der Waals surface area contributed by atoms with Crippen molar-refractivity contribution in [3.8, 4) is 0 Å². The number of unbranched alkanes of at least 4 members (excludes halogenated alkanes) is 1. The van der Waals surface area contributed by atoms with Crippen molar-refractivity contribution in [2.75, 3.05) is 30.0 Å². The molecule has 0 saturated carbocycles. The molecule has 2 heterocycles. The van der Waals surface area contributed by atoms with E-state index in [-0.39, 0.29) is 11.5 Å². The van der Waals surface area contributed by atoms with Gasteiger partial charge in [0.05, 0.1) is 11.2 Å². The molecule has 2 aromatic heterocycles. The summed E-state index contributed by atoms with van der Waals surface area (Å²) >= 11 is 0. The fourth-order valence-electron chi connectivity index (χ4n) is 3.21. The number of nitrogen functional groups attached to an aromatic ring is 1. The van der Waals surface area contributed by atoms with Gasteiger partial charge in [0, 0.05) is 49.2 Å². The van der Waals surface area contributed by atoms with Crippen LogP contribution in [0.4, 0.5) is 27.4 Å². The van der Waals surface area contributed by atoms with Crippen LogP contribution in [0.5, 0.6) is 0 Å². The number of aromatic nitrogens is 2. The summed E-state index contributed by atoms with van der Waals surface area (Å²) in [6.45, 7) is 6.86. The minimum absolute atomic E-state index is 0.187. The highest BCUT2D eigenvalue weighted by molar-refractivity contribution is 5.96. The summed E-state index contributed by atoms with van der Waals surface area (Å²) < 4.78 is 16.1. The van der Waals surface area contributed by atoms with Crippen molar-refractivity contribution in [2.45, 2.75) is 26.3 Å². The second-order valence-electron chi connectivity index (χ2n) is 7.09. The van der Waals surface area contributed by atoms with Crippen molar-refractivity contribution < 1.29 is 4.39 Å². The molecule has 28 heavy (non-hydrogen) atoms. The average Bonchev–Trinajstić information content (AvgIpc) is 3.00. The van der Waals surface area contributed by atoms with Crippen molar-refractivity contribution in [3.05, 3.63) is 48.4 Å². The number of pyridine rings is 1. The Bertz CT molecular complexity index is 1020. The lowest BCUT2D eigenvalue weighted by Crippen LogP contribution is -2.08. The van der Waals surface area contributed by atoms with Gasteiger partial charge in [-0.05, 0) is 30.7 Å². The molecule has 148 valence electrons. The van der Waals surface area contributed by atoms with Crippen LogP contribution in [0.15, 0.2) is 37.0 Å². The number of anilines is 4. The molecule has 7 heteroatoms. The van der Waals surface area contributed by atoms with Gasteiger partial charge >= 0.3 is 0 Å². The summed E-state index contributed by atoms with van der Waals surface area (Å²) in [6, 6.07) is 7.34. The lowest BCUT2D eigenvalue weighted by atomic mass is 10.1. The maximum absolute atomic E-state index is 13.8. The van der Waals surface area contributed by atoms with Crippen LogP contribution in [0, 0.1) is 5.82 Å². The number of rotatable bonds is 7. The minimum atomic E-state index is -0.620. The SMILES string of the molecule is C=C(N)c1cc(F)c(N)nc1Nc1ccc2c(c1)c(N(C)C)cn2CCCC. The molecule has 0 saturated heterocycles. The standard InChI is InChI=1S/C21H27FN6/c1-5-6-9-28-12-19(27(3)4)16-10-14(7-8-18(16)28)25-21-15(13(2)23)11-17(22)20(24)26-21/h7-8,10-12H,2,5-6,9,23H2,1,3-4H3,(H3,24,25,26). The van der Waals surface area contributed by atoms with E-state index >= 15 is 0 Å². The molecule has 0 aliphatic carbocycles. The maximum Gasteiger partial charge on any atom is 0.166 e. The van der Waals surface area contributed by atoms with Gasteiger partial charge < -0.3 is 26.3 Å². The third kappa shape index (κ3) is 3.74. The molecule has 0 radical (unpaired) electrons. The van der Waals surface area contributed by atoms with Gasteiger partial charge in [0.15, 0.2) is 11.6 Å². The number of fused-ring (bicyclic) bond motifs is 1. The molecule has 1 aromatic carbocycles. The van der Waals surface area contributed by atoms with Crippen LogP contribution in [-0.4, -0.2) is 23.6 Å². The van der Waals surface area contributed by atoms with E-state index in [4.69, 9.17) is 11.5 Å². The molecule has 0 unspecified atom stereocenters. The zero-order valence-electron chi connectivity index (χ0n) is 16.6. The highest BCUT2D eigenvalue weighted by Gasteiger charge is 2.14. The fourth-order valence-corrected chi connectivity index (χ4v) is 3.21. The van der Waals surface area contributed by atoms with Crippen molar-refractivity contribution in [2.24, 2.45) is 5.73 Å². The van der Waals surface area contributed by atoms with Crippen LogP contribution in [0.1, 0.15) is 25.3 Å². The van der Waals surface area contributed by atoms with Crippen molar-refractivity contribution in [3.63, 3.8) is 0 Å². The van der Waals surface area contributed by atoms with E-state index in [0.717, 1.165) is 41.7 Å². The Morgan fingerprint density at radius 2 is 2.07 bits per heavy atom. The first-order valence-corrected chi connectivity index (χ1v) is 9.29. The van der Waals surface area contributed by atoms with E-state index in [1.165, 1.54) is 6.07 Å². The summed E-state index contributed by atoms with van der Waals surface area (Å²) in [5.41, 5.74) is 15.2. The lowest BCUT2D eigenvalue weighted by Gasteiger charge is -2.14. The Kier molecular flexibility index (Phi) is 5.44. The Morgan fingerprint density at radius 3 is 2.71 bits per heavy atom. The van der Waals surface area contributed by atoms with Gasteiger partial charge in [-0.15, -0.1) is 0 Å². The van der Waals surface area contributed by atoms with E-state index in [1.807, 2.05) is 20.2 Å². The summed E-state index contributed by atoms with van der Waals surface area (Å²) in [4.78, 5) is 6.20. The van der Waals surface area contributed by atoms with E-state index in [2.05, 4.69) is 51.6 Å². The Hall–Kier alpha value is -3.22. The molecule has 0 aliphatic rings. The highest BCUT2D eigenvalue weighted by atomic mass is 19.1. The largest absolute Gasteiger partial charge is 0.399 e. The molecule has 0 atom stereocenters. The van der Waals surface area contributed by atoms with Gasteiger partial charge in [-0.3, -0.25) is 0 Å². The van der Waals surface area contributed by atoms with Gasteiger partial charge in [-0.2, -0.15) is 0 Å². The first-order valence-electron chi connectivity index (χ1n) is 9.29. The summed E-state index contributed by atoms with van der Waals surface area (Å²) in [5.74, 6) is -0.429. The number of nitrogens with two attached hydrogens (primary N) is 2. The molecule has 0 bridgehead atoms. The second kappa shape index (κ2) is 7.80. The van der Waals surface area contributed by atoms with Gasteiger partial charge in [0.1, 0.15) is 5.82 Å². The van der Waals surface area contributed by atoms with Crippen molar-refractivity contribution in [1.29, 1.82) is 0 Å². The number of aryl methyl sites for hydroxylation is 1. The first kappa shape index (κ1) is 19.5. The van der Waals surface area contributed by atoms with Gasteiger partial charge in [-0.1, -0.05) is 19.9 Å². The van der Waals surface area contributed by atoms with Crippen molar-refractivity contribution >= 4 is 39.6 Å². The number of nitrogens with zero attached hydrogens (tertiary/aromatic N) is 3. The normalized spacial score (nSPS) is 11.0. The molecular formula is C21H27FN6. The zero-order chi connectivity index (χ0) is 20.4. The van der Waals surface area contributed by atoms with Crippen molar-refractivity contribution in [1.82, 2.24) is 9.55 Å². The van der Waals surface area contributed by atoms with E-state index in [0.29, 0.717) is 11.4 Å². The van der Waals surface area contributed by atoms with Gasteiger partial charge in [-0.25, -0.2) is 9.37 Å². The number of nitrogens with one attached hydrogen (secondary N) is 1. The van der Waals surface area contributed by atoms with E-state index in [1.54, 1.807) is 0 Å². The summed E-state index contributed by atoms with van der Waals surface area (Å²) in [5, 5.41) is 4.33. The number of hydrogen-bond donors (Lipinski definition) is 3. The predicted molar refractivity (Wildman–Crippen MR) is 116 cm³/mol. The first-order chi connectivity index (χ1) is 13.3. The highest BCUT2D eigenvalue weighted by Crippen LogP contribution is 2.33. The lowest BCUT2D eigenvalue weighted by molar-refractivity contribution is 0.627. The molecule has 5 N–H and O–H groups in total. The van der Waals surface area contributed by atoms with Crippen LogP contribution >= 0.6 is 0 Å². The van der Waals surface area contributed by atoms with Crippen LogP contribution in [0.3, 0.4) is 0 Å². The smallest absolute Gasteiger partial charge is 0.166 e. The zero-order valence-corrected chi connectivity index (χ0v) is 16.6. The van der Waals surface area contributed by atoms with E-state index < -0.39 is 5.82 Å². The van der Waals surface area contributed by atoms with Crippen LogP contribution in [0.2, 0.25) is 0 Å².